The summed E-state index contributed by atoms with van der Waals surface area (Å²) in [7, 11) is 0. The van der Waals surface area contributed by atoms with Crippen LogP contribution in [0.15, 0.2) is 12.1 Å². The molecule has 0 atom stereocenters. The van der Waals surface area contributed by atoms with Crippen molar-refractivity contribution in [2.45, 2.75) is 13.1 Å². The van der Waals surface area contributed by atoms with E-state index in [1.807, 2.05) is 0 Å². The van der Waals surface area contributed by atoms with Crippen molar-refractivity contribution in [2.75, 3.05) is 0 Å². The van der Waals surface area contributed by atoms with Crippen molar-refractivity contribution < 1.29 is 27.2 Å². The minimum atomic E-state index is -4.94. The molecule has 0 N–H and O–H groups in total. The Morgan fingerprint density at radius 3 is 2.25 bits per heavy atom. The van der Waals surface area contributed by atoms with Crippen LogP contribution < -0.4 is 0 Å². The summed E-state index contributed by atoms with van der Waals surface area (Å²) in [6.45, 7) is 0.924. The van der Waals surface area contributed by atoms with Crippen LogP contribution in [0.3, 0.4) is 0 Å². The number of rotatable bonds is 2. The zero-order valence-electron chi connectivity index (χ0n) is 8.06. The molecule has 0 aromatic heterocycles. The van der Waals surface area contributed by atoms with Crippen LogP contribution in [0.5, 0.6) is 0 Å². The molecule has 1 aromatic rings. The standard InChI is InChI=1S/C10H6F4O2/c1-5(16)7-2-6(4-15)3-8(9(7)11)10(12,13)14/h2-4H,1H3. The molecule has 0 aliphatic carbocycles. The molecular formula is C10H6F4O2. The predicted molar refractivity (Wildman–Crippen MR) is 46.8 cm³/mol. The SMILES string of the molecule is CC(=O)c1cc(C=O)cc(C(F)(F)F)c1F. The lowest BCUT2D eigenvalue weighted by Crippen LogP contribution is -2.12. The van der Waals surface area contributed by atoms with E-state index < -0.39 is 28.9 Å². The maximum absolute atomic E-state index is 13.3. The Balaban J connectivity index is 3.56. The van der Waals surface area contributed by atoms with Gasteiger partial charge >= 0.3 is 6.18 Å². The summed E-state index contributed by atoms with van der Waals surface area (Å²) >= 11 is 0. The molecule has 6 heteroatoms. The summed E-state index contributed by atoms with van der Waals surface area (Å²) in [5.74, 6) is -2.52. The topological polar surface area (TPSA) is 34.1 Å². The summed E-state index contributed by atoms with van der Waals surface area (Å²) in [6, 6.07) is 1.16. The van der Waals surface area contributed by atoms with E-state index in [1.54, 1.807) is 0 Å². The smallest absolute Gasteiger partial charge is 0.298 e. The second kappa shape index (κ2) is 4.03. The summed E-state index contributed by atoms with van der Waals surface area (Å²) in [5, 5.41) is 0. The fraction of sp³-hybridized carbons (Fsp3) is 0.200. The summed E-state index contributed by atoms with van der Waals surface area (Å²) in [6.07, 6.45) is -4.81. The second-order valence-corrected chi connectivity index (χ2v) is 3.10. The first-order chi connectivity index (χ1) is 7.27. The largest absolute Gasteiger partial charge is 0.419 e. The maximum atomic E-state index is 13.3. The molecule has 86 valence electrons. The molecule has 0 heterocycles. The van der Waals surface area contributed by atoms with Crippen molar-refractivity contribution in [3.8, 4) is 0 Å². The first-order valence-electron chi connectivity index (χ1n) is 4.14. The number of Topliss-reactive ketones (excluding diaryl/α,β-unsaturated/α-hetero) is 1. The maximum Gasteiger partial charge on any atom is 0.419 e. The quantitative estimate of drug-likeness (QED) is 0.448. The first kappa shape index (κ1) is 12.4. The first-order valence-corrected chi connectivity index (χ1v) is 4.14. The van der Waals surface area contributed by atoms with Gasteiger partial charge in [0.05, 0.1) is 11.1 Å². The van der Waals surface area contributed by atoms with Crippen molar-refractivity contribution in [1.82, 2.24) is 0 Å². The van der Waals surface area contributed by atoms with E-state index in [9.17, 15) is 27.2 Å². The van der Waals surface area contributed by atoms with Gasteiger partial charge in [0.2, 0.25) is 0 Å². The molecule has 0 fully saturated rings. The predicted octanol–water partition coefficient (Wildman–Crippen LogP) is 2.86. The van der Waals surface area contributed by atoms with Gasteiger partial charge in [0, 0.05) is 5.56 Å². The summed E-state index contributed by atoms with van der Waals surface area (Å²) in [5.41, 5.74) is -2.74. The number of halogens is 4. The fourth-order valence-corrected chi connectivity index (χ4v) is 1.18. The Morgan fingerprint density at radius 1 is 1.31 bits per heavy atom. The van der Waals surface area contributed by atoms with Crippen LogP contribution in [0.1, 0.15) is 33.2 Å². The molecule has 0 spiro atoms. The number of hydrogen-bond acceptors (Lipinski definition) is 2. The molecule has 2 nitrogen and oxygen atoms in total. The van der Waals surface area contributed by atoms with Gasteiger partial charge in [-0.2, -0.15) is 13.2 Å². The third kappa shape index (κ3) is 2.26. The molecule has 0 aliphatic heterocycles. The van der Waals surface area contributed by atoms with Gasteiger partial charge in [-0.1, -0.05) is 0 Å². The van der Waals surface area contributed by atoms with Crippen LogP contribution in [0.2, 0.25) is 0 Å². The van der Waals surface area contributed by atoms with E-state index >= 15 is 0 Å². The van der Waals surface area contributed by atoms with Crippen LogP contribution in [-0.4, -0.2) is 12.1 Å². The van der Waals surface area contributed by atoms with Gasteiger partial charge < -0.3 is 0 Å². The van der Waals surface area contributed by atoms with Gasteiger partial charge in [0.15, 0.2) is 5.78 Å². The Labute approximate surface area is 87.9 Å². The monoisotopic (exact) mass is 234 g/mol. The zero-order chi connectivity index (χ0) is 12.5. The molecule has 0 unspecified atom stereocenters. The van der Waals surface area contributed by atoms with Crippen molar-refractivity contribution in [2.24, 2.45) is 0 Å². The fourth-order valence-electron chi connectivity index (χ4n) is 1.18. The number of alkyl halides is 3. The molecule has 0 aliphatic rings. The molecule has 1 aromatic carbocycles. The Bertz CT molecular complexity index is 449. The van der Waals surface area contributed by atoms with Crippen molar-refractivity contribution in [1.29, 1.82) is 0 Å². The van der Waals surface area contributed by atoms with Crippen molar-refractivity contribution >= 4 is 12.1 Å². The molecule has 0 bridgehead atoms. The van der Waals surface area contributed by atoms with Crippen molar-refractivity contribution in [3.63, 3.8) is 0 Å². The molecular weight excluding hydrogens is 228 g/mol. The third-order valence-electron chi connectivity index (χ3n) is 1.92. The van der Waals surface area contributed by atoms with E-state index in [4.69, 9.17) is 0 Å². The van der Waals surface area contributed by atoms with E-state index in [1.165, 1.54) is 0 Å². The van der Waals surface area contributed by atoms with Gasteiger partial charge in [-0.3, -0.25) is 9.59 Å². The average molecular weight is 234 g/mol. The van der Waals surface area contributed by atoms with Crippen LogP contribution in [0, 0.1) is 5.82 Å². The van der Waals surface area contributed by atoms with Crippen molar-refractivity contribution in [3.05, 3.63) is 34.6 Å². The molecule has 0 saturated heterocycles. The Morgan fingerprint density at radius 2 is 1.88 bits per heavy atom. The Kier molecular flexibility index (Phi) is 3.11. The molecule has 0 saturated carbocycles. The highest BCUT2D eigenvalue weighted by Crippen LogP contribution is 2.33. The minimum absolute atomic E-state index is 0.126. The van der Waals surface area contributed by atoms with Gasteiger partial charge in [-0.15, -0.1) is 0 Å². The van der Waals surface area contributed by atoms with E-state index in [-0.39, 0.29) is 11.8 Å². The van der Waals surface area contributed by atoms with Crippen LogP contribution in [-0.2, 0) is 6.18 Å². The van der Waals surface area contributed by atoms with E-state index in [0.29, 0.717) is 6.07 Å². The summed E-state index contributed by atoms with van der Waals surface area (Å²) in [4.78, 5) is 21.3. The highest BCUT2D eigenvalue weighted by molar-refractivity contribution is 5.96. The third-order valence-corrected chi connectivity index (χ3v) is 1.92. The van der Waals surface area contributed by atoms with Crippen LogP contribution >= 0.6 is 0 Å². The molecule has 1 rings (SSSR count). The second-order valence-electron chi connectivity index (χ2n) is 3.10. The number of ketones is 1. The van der Waals surface area contributed by atoms with Crippen LogP contribution in [0.25, 0.3) is 0 Å². The zero-order valence-corrected chi connectivity index (χ0v) is 8.06. The summed E-state index contributed by atoms with van der Waals surface area (Å²) < 4.78 is 50.3. The van der Waals surface area contributed by atoms with E-state index in [2.05, 4.69) is 0 Å². The van der Waals surface area contributed by atoms with E-state index in [0.717, 1.165) is 13.0 Å². The van der Waals surface area contributed by atoms with Gasteiger partial charge in [-0.05, 0) is 19.1 Å². The molecule has 0 radical (unpaired) electrons. The van der Waals surface area contributed by atoms with Crippen LogP contribution in [0.4, 0.5) is 17.6 Å². The lowest BCUT2D eigenvalue weighted by atomic mass is 10.0. The normalized spacial score (nSPS) is 11.3. The van der Waals surface area contributed by atoms with Gasteiger partial charge in [0.25, 0.3) is 0 Å². The lowest BCUT2D eigenvalue weighted by molar-refractivity contribution is -0.140. The highest BCUT2D eigenvalue weighted by atomic mass is 19.4. The number of benzene rings is 1. The number of carbonyl (C=O) groups excluding carboxylic acids is 2. The van der Waals surface area contributed by atoms with Gasteiger partial charge in [-0.25, -0.2) is 4.39 Å². The minimum Gasteiger partial charge on any atom is -0.298 e. The number of carbonyl (C=O) groups is 2. The lowest BCUT2D eigenvalue weighted by Gasteiger charge is -2.10. The Hall–Kier alpha value is -1.72. The average Bonchev–Trinajstić information content (AvgIpc) is 2.15. The van der Waals surface area contributed by atoms with Gasteiger partial charge in [0.1, 0.15) is 12.1 Å². The highest BCUT2D eigenvalue weighted by Gasteiger charge is 2.36. The molecule has 16 heavy (non-hydrogen) atoms. The number of hydrogen-bond donors (Lipinski definition) is 0. The molecule has 0 amide bonds. The number of aldehydes is 1.